The molecule has 0 aliphatic carbocycles. The second-order valence-corrected chi connectivity index (χ2v) is 10.2. The Morgan fingerprint density at radius 1 is 1.14 bits per heavy atom. The number of amides is 1. The van der Waals surface area contributed by atoms with E-state index in [1.165, 1.54) is 57.1 Å². The molecule has 1 aromatic heterocycles. The molecule has 0 radical (unpaired) electrons. The maximum atomic E-state index is 13.0. The van der Waals surface area contributed by atoms with Crippen LogP contribution in [0.25, 0.3) is 16.5 Å². The third-order valence-electron chi connectivity index (χ3n) is 7.51. The van der Waals surface area contributed by atoms with Crippen LogP contribution in [-0.2, 0) is 0 Å². The number of carbonyl (C=O) groups is 1. The van der Waals surface area contributed by atoms with E-state index in [-0.39, 0.29) is 5.91 Å². The van der Waals surface area contributed by atoms with Crippen LogP contribution in [0.5, 0.6) is 5.75 Å². The summed E-state index contributed by atoms with van der Waals surface area (Å²) in [6, 6.07) is 14.0. The second-order valence-electron chi connectivity index (χ2n) is 10.2. The van der Waals surface area contributed by atoms with Crippen molar-refractivity contribution in [3.05, 3.63) is 59.8 Å². The summed E-state index contributed by atoms with van der Waals surface area (Å²) in [5.41, 5.74) is 4.68. The zero-order valence-electron chi connectivity index (χ0n) is 21.4. The van der Waals surface area contributed by atoms with Gasteiger partial charge in [0.15, 0.2) is 0 Å². The second kappa shape index (κ2) is 11.7. The number of ether oxygens (including phenoxy) is 1. The van der Waals surface area contributed by atoms with Gasteiger partial charge < -0.3 is 10.1 Å². The summed E-state index contributed by atoms with van der Waals surface area (Å²) in [6.07, 6.45) is 13.3. The van der Waals surface area contributed by atoms with Gasteiger partial charge in [-0.3, -0.25) is 14.8 Å². The first kappa shape index (κ1) is 24.6. The standard InChI is InChI=1S/C30H38N4O2/c1-2-3-4-5-8-18-36-26-12-9-10-23(20-26)30(35)31-24-13-14-28-27(21-24)29(33-32-28)22-15-17-34-16-7-6-11-25(34)19-22/h9-10,12-15,20-21,25H,2-8,11,16-19H2,1H3,(H,31,35)(H,32,33). The van der Waals surface area contributed by atoms with Crippen molar-refractivity contribution in [3.63, 3.8) is 0 Å². The molecule has 1 atom stereocenters. The molecule has 5 rings (SSSR count). The van der Waals surface area contributed by atoms with Gasteiger partial charge in [-0.2, -0.15) is 5.10 Å². The lowest BCUT2D eigenvalue weighted by Crippen LogP contribution is -2.41. The van der Waals surface area contributed by atoms with Crippen LogP contribution in [-0.4, -0.2) is 46.7 Å². The van der Waals surface area contributed by atoms with Crippen LogP contribution >= 0.6 is 0 Å². The average molecular weight is 487 g/mol. The Balaban J connectivity index is 1.24. The number of hydrogen-bond acceptors (Lipinski definition) is 4. The molecule has 36 heavy (non-hydrogen) atoms. The Bertz CT molecular complexity index is 1210. The molecule has 2 aliphatic heterocycles. The highest BCUT2D eigenvalue weighted by molar-refractivity contribution is 6.05. The number of aromatic amines is 1. The summed E-state index contributed by atoms with van der Waals surface area (Å²) in [5, 5.41) is 12.0. The molecule has 1 unspecified atom stereocenters. The van der Waals surface area contributed by atoms with E-state index >= 15 is 0 Å². The average Bonchev–Trinajstić information content (AvgIpc) is 3.34. The number of nitrogens with one attached hydrogen (secondary N) is 2. The Morgan fingerprint density at radius 2 is 2.06 bits per heavy atom. The number of fused-ring (bicyclic) bond motifs is 2. The fourth-order valence-electron chi connectivity index (χ4n) is 5.45. The molecule has 1 saturated heterocycles. The molecule has 1 fully saturated rings. The molecule has 3 heterocycles. The van der Waals surface area contributed by atoms with Gasteiger partial charge in [-0.05, 0) is 74.2 Å². The summed E-state index contributed by atoms with van der Waals surface area (Å²) < 4.78 is 5.89. The predicted molar refractivity (Wildman–Crippen MR) is 147 cm³/mol. The SMILES string of the molecule is CCCCCCCOc1cccc(C(=O)Nc2ccc3[nH]nc(C4=CCN5CCCCC5C4)c3c2)c1. The van der Waals surface area contributed by atoms with Crippen molar-refractivity contribution in [1.29, 1.82) is 0 Å². The van der Waals surface area contributed by atoms with Crippen LogP contribution < -0.4 is 10.1 Å². The minimum Gasteiger partial charge on any atom is -0.494 e. The topological polar surface area (TPSA) is 70.2 Å². The Hall–Kier alpha value is -3.12. The smallest absolute Gasteiger partial charge is 0.255 e. The highest BCUT2D eigenvalue weighted by atomic mass is 16.5. The minimum atomic E-state index is -0.137. The molecule has 1 amide bonds. The van der Waals surface area contributed by atoms with E-state index in [9.17, 15) is 4.79 Å². The van der Waals surface area contributed by atoms with Crippen LogP contribution in [0.15, 0.2) is 48.5 Å². The molecule has 2 aromatic carbocycles. The normalized spacial score (nSPS) is 18.0. The van der Waals surface area contributed by atoms with Crippen molar-refractivity contribution >= 4 is 28.1 Å². The monoisotopic (exact) mass is 486 g/mol. The van der Waals surface area contributed by atoms with E-state index in [0.717, 1.165) is 47.4 Å². The number of aromatic nitrogens is 2. The van der Waals surface area contributed by atoms with Crippen molar-refractivity contribution in [2.45, 2.75) is 70.8 Å². The lowest BCUT2D eigenvalue weighted by molar-refractivity contribution is 0.102. The van der Waals surface area contributed by atoms with Crippen molar-refractivity contribution in [1.82, 2.24) is 15.1 Å². The van der Waals surface area contributed by atoms with Crippen molar-refractivity contribution < 1.29 is 9.53 Å². The zero-order valence-corrected chi connectivity index (χ0v) is 21.4. The molecular formula is C30H38N4O2. The van der Waals surface area contributed by atoms with Gasteiger partial charge in [-0.1, -0.05) is 51.2 Å². The molecule has 2 N–H and O–H groups in total. The summed E-state index contributed by atoms with van der Waals surface area (Å²) in [7, 11) is 0. The molecule has 3 aromatic rings. The van der Waals surface area contributed by atoms with Gasteiger partial charge in [0, 0.05) is 29.2 Å². The summed E-state index contributed by atoms with van der Waals surface area (Å²) >= 11 is 0. The third kappa shape index (κ3) is 5.81. The number of unbranched alkanes of at least 4 members (excludes halogenated alkanes) is 4. The molecule has 190 valence electrons. The van der Waals surface area contributed by atoms with Gasteiger partial charge in [0.25, 0.3) is 5.91 Å². The van der Waals surface area contributed by atoms with Crippen molar-refractivity contribution in [3.8, 4) is 5.75 Å². The highest BCUT2D eigenvalue weighted by Crippen LogP contribution is 2.34. The number of hydrogen-bond donors (Lipinski definition) is 2. The first-order valence-corrected chi connectivity index (χ1v) is 13.7. The first-order valence-electron chi connectivity index (χ1n) is 13.7. The van der Waals surface area contributed by atoms with Crippen molar-refractivity contribution in [2.24, 2.45) is 0 Å². The number of rotatable bonds is 10. The van der Waals surface area contributed by atoms with E-state index in [4.69, 9.17) is 4.74 Å². The van der Waals surface area contributed by atoms with Crippen LogP contribution in [0.2, 0.25) is 0 Å². The lowest BCUT2D eigenvalue weighted by atomic mass is 9.90. The van der Waals surface area contributed by atoms with Gasteiger partial charge >= 0.3 is 0 Å². The summed E-state index contributed by atoms with van der Waals surface area (Å²) in [5.74, 6) is 0.606. The molecule has 6 heteroatoms. The van der Waals surface area contributed by atoms with Crippen LogP contribution in [0.3, 0.4) is 0 Å². The van der Waals surface area contributed by atoms with E-state index in [1.54, 1.807) is 0 Å². The van der Waals surface area contributed by atoms with E-state index in [2.05, 4.69) is 33.4 Å². The molecule has 0 bridgehead atoms. The predicted octanol–water partition coefficient (Wildman–Crippen LogP) is 6.81. The van der Waals surface area contributed by atoms with Gasteiger partial charge in [0.1, 0.15) is 5.75 Å². The number of carbonyl (C=O) groups excluding carboxylic acids is 1. The van der Waals surface area contributed by atoms with E-state index in [0.29, 0.717) is 18.2 Å². The lowest BCUT2D eigenvalue weighted by Gasteiger charge is -2.38. The quantitative estimate of drug-likeness (QED) is 0.309. The Kier molecular flexibility index (Phi) is 8.01. The van der Waals surface area contributed by atoms with Crippen LogP contribution in [0.1, 0.15) is 80.8 Å². The molecule has 0 saturated carbocycles. The van der Waals surface area contributed by atoms with E-state index < -0.39 is 0 Å². The molecular weight excluding hydrogens is 448 g/mol. The summed E-state index contributed by atoms with van der Waals surface area (Å²) in [6.45, 7) is 5.11. The number of H-pyrrole nitrogens is 1. The molecule has 6 nitrogen and oxygen atoms in total. The summed E-state index contributed by atoms with van der Waals surface area (Å²) in [4.78, 5) is 15.6. The maximum absolute atomic E-state index is 13.0. The maximum Gasteiger partial charge on any atom is 0.255 e. The first-order chi connectivity index (χ1) is 17.7. The Labute approximate surface area is 214 Å². The zero-order chi connectivity index (χ0) is 24.7. The number of piperidine rings is 1. The number of nitrogens with zero attached hydrogens (tertiary/aromatic N) is 2. The van der Waals surface area contributed by atoms with Crippen LogP contribution in [0, 0.1) is 0 Å². The van der Waals surface area contributed by atoms with E-state index in [1.807, 2.05) is 42.5 Å². The fraction of sp³-hybridized carbons (Fsp3) is 0.467. The Morgan fingerprint density at radius 3 is 2.97 bits per heavy atom. The largest absolute Gasteiger partial charge is 0.494 e. The third-order valence-corrected chi connectivity index (χ3v) is 7.51. The fourth-order valence-corrected chi connectivity index (χ4v) is 5.45. The van der Waals surface area contributed by atoms with Gasteiger partial charge in [-0.15, -0.1) is 0 Å². The molecule has 2 aliphatic rings. The van der Waals surface area contributed by atoms with Gasteiger partial charge in [-0.25, -0.2) is 0 Å². The minimum absolute atomic E-state index is 0.137. The number of anilines is 1. The number of benzene rings is 2. The van der Waals surface area contributed by atoms with Crippen LogP contribution in [0.4, 0.5) is 5.69 Å². The van der Waals surface area contributed by atoms with Gasteiger partial charge in [0.2, 0.25) is 0 Å². The highest BCUT2D eigenvalue weighted by Gasteiger charge is 2.27. The molecule has 0 spiro atoms. The van der Waals surface area contributed by atoms with Crippen molar-refractivity contribution in [2.75, 3.05) is 25.0 Å². The van der Waals surface area contributed by atoms with Gasteiger partial charge in [0.05, 0.1) is 17.8 Å².